The van der Waals surface area contributed by atoms with E-state index in [2.05, 4.69) is 10.3 Å². The van der Waals surface area contributed by atoms with Gasteiger partial charge < -0.3 is 9.73 Å². The van der Waals surface area contributed by atoms with Gasteiger partial charge in [-0.2, -0.15) is 5.10 Å². The van der Waals surface area contributed by atoms with Gasteiger partial charge in [-0.25, -0.2) is 0 Å². The molecule has 0 atom stereocenters. The van der Waals surface area contributed by atoms with E-state index >= 15 is 0 Å². The van der Waals surface area contributed by atoms with Gasteiger partial charge >= 0.3 is 0 Å². The topological polar surface area (TPSA) is 90.0 Å². The SMILES string of the molecule is O=C(NCCn1nc(-c2ccccn2)c2c1CCCC2)c1cc(=O)c2ccccc2o1. The minimum Gasteiger partial charge on any atom is -0.451 e. The number of aromatic nitrogens is 3. The van der Waals surface area contributed by atoms with Crippen LogP contribution < -0.4 is 10.7 Å². The Labute approximate surface area is 178 Å². The summed E-state index contributed by atoms with van der Waals surface area (Å²) in [4.78, 5) is 29.3. The number of amides is 1. The maximum Gasteiger partial charge on any atom is 0.287 e. The van der Waals surface area contributed by atoms with Crippen LogP contribution in [0.25, 0.3) is 22.4 Å². The number of nitrogens with one attached hydrogen (secondary N) is 1. The number of para-hydroxylation sites is 1. The van der Waals surface area contributed by atoms with E-state index in [9.17, 15) is 9.59 Å². The van der Waals surface area contributed by atoms with Gasteiger partial charge in [0.2, 0.25) is 0 Å². The Kier molecular flexibility index (Phi) is 5.08. The van der Waals surface area contributed by atoms with Crippen LogP contribution >= 0.6 is 0 Å². The molecule has 4 aromatic rings. The van der Waals surface area contributed by atoms with Gasteiger partial charge in [-0.05, 0) is 49.9 Å². The van der Waals surface area contributed by atoms with Crippen LogP contribution in [0.4, 0.5) is 0 Å². The van der Waals surface area contributed by atoms with Crippen molar-refractivity contribution in [3.05, 3.63) is 82.0 Å². The van der Waals surface area contributed by atoms with E-state index in [0.29, 0.717) is 24.1 Å². The number of rotatable bonds is 5. The van der Waals surface area contributed by atoms with Gasteiger partial charge in [0, 0.05) is 30.1 Å². The molecule has 5 rings (SSSR count). The first-order chi connectivity index (χ1) is 15.2. The van der Waals surface area contributed by atoms with Crippen LogP contribution in [0.1, 0.15) is 34.7 Å². The highest BCUT2D eigenvalue weighted by Gasteiger charge is 2.22. The molecule has 0 radical (unpaired) electrons. The molecule has 0 spiro atoms. The molecule has 0 bridgehead atoms. The van der Waals surface area contributed by atoms with Crippen molar-refractivity contribution in [2.75, 3.05) is 6.54 Å². The maximum atomic E-state index is 12.6. The molecule has 156 valence electrons. The number of hydrogen-bond donors (Lipinski definition) is 1. The second-order valence-corrected chi connectivity index (χ2v) is 7.65. The number of benzene rings is 1. The Morgan fingerprint density at radius 1 is 1.10 bits per heavy atom. The zero-order valence-electron chi connectivity index (χ0n) is 17.0. The summed E-state index contributed by atoms with van der Waals surface area (Å²) in [7, 11) is 0. The standard InChI is InChI=1S/C24H22N4O3/c29-20-15-22(31-21-11-4-2-8-17(20)21)24(30)26-13-14-28-19-10-3-1-7-16(19)23(27-28)18-9-5-6-12-25-18/h2,4-6,8-9,11-12,15H,1,3,7,10,13-14H2,(H,26,30). The molecule has 1 N–H and O–H groups in total. The molecule has 3 aromatic heterocycles. The van der Waals surface area contributed by atoms with Crippen LogP contribution in [0, 0.1) is 0 Å². The number of pyridine rings is 1. The van der Waals surface area contributed by atoms with Crippen molar-refractivity contribution >= 4 is 16.9 Å². The fourth-order valence-corrected chi connectivity index (χ4v) is 4.14. The fraction of sp³-hybridized carbons (Fsp3) is 0.250. The van der Waals surface area contributed by atoms with Crippen LogP contribution in [-0.4, -0.2) is 27.2 Å². The van der Waals surface area contributed by atoms with Crippen LogP contribution in [-0.2, 0) is 19.4 Å². The summed E-state index contributed by atoms with van der Waals surface area (Å²) in [5.41, 5.74) is 4.47. The Morgan fingerprint density at radius 2 is 1.94 bits per heavy atom. The van der Waals surface area contributed by atoms with Gasteiger partial charge in [0.25, 0.3) is 5.91 Å². The molecule has 0 unspecified atom stereocenters. The summed E-state index contributed by atoms with van der Waals surface area (Å²) in [5.74, 6) is -0.394. The summed E-state index contributed by atoms with van der Waals surface area (Å²) in [6.45, 7) is 0.921. The summed E-state index contributed by atoms with van der Waals surface area (Å²) < 4.78 is 7.60. The van der Waals surface area contributed by atoms with Crippen molar-refractivity contribution in [3.63, 3.8) is 0 Å². The monoisotopic (exact) mass is 414 g/mol. The van der Waals surface area contributed by atoms with E-state index in [4.69, 9.17) is 9.52 Å². The smallest absolute Gasteiger partial charge is 0.287 e. The van der Waals surface area contributed by atoms with E-state index in [1.165, 1.54) is 17.3 Å². The van der Waals surface area contributed by atoms with Crippen LogP contribution in [0.2, 0.25) is 0 Å². The summed E-state index contributed by atoms with van der Waals surface area (Å²) in [6.07, 6.45) is 6.03. The largest absolute Gasteiger partial charge is 0.451 e. The van der Waals surface area contributed by atoms with Crippen LogP contribution in [0.15, 0.2) is 63.9 Å². The van der Waals surface area contributed by atoms with Crippen molar-refractivity contribution in [2.24, 2.45) is 0 Å². The quantitative estimate of drug-likeness (QED) is 0.541. The third kappa shape index (κ3) is 3.74. The number of fused-ring (bicyclic) bond motifs is 2. The Bertz CT molecular complexity index is 1310. The highest BCUT2D eigenvalue weighted by atomic mass is 16.3. The van der Waals surface area contributed by atoms with Crippen molar-refractivity contribution in [1.29, 1.82) is 0 Å². The fourth-order valence-electron chi connectivity index (χ4n) is 4.14. The lowest BCUT2D eigenvalue weighted by atomic mass is 9.95. The van der Waals surface area contributed by atoms with E-state index in [1.807, 2.05) is 22.9 Å². The first kappa shape index (κ1) is 19.2. The van der Waals surface area contributed by atoms with Crippen LogP contribution in [0.5, 0.6) is 0 Å². The minimum atomic E-state index is -0.408. The van der Waals surface area contributed by atoms with Gasteiger partial charge in [-0.1, -0.05) is 18.2 Å². The van der Waals surface area contributed by atoms with Crippen LogP contribution in [0.3, 0.4) is 0 Å². The zero-order valence-corrected chi connectivity index (χ0v) is 17.0. The molecule has 1 aliphatic rings. The molecular formula is C24H22N4O3. The molecule has 1 amide bonds. The van der Waals surface area contributed by atoms with E-state index in [0.717, 1.165) is 37.1 Å². The Hall–Kier alpha value is -3.74. The molecule has 1 aliphatic carbocycles. The van der Waals surface area contributed by atoms with Crippen molar-refractivity contribution in [2.45, 2.75) is 32.2 Å². The first-order valence-corrected chi connectivity index (χ1v) is 10.5. The van der Waals surface area contributed by atoms with Gasteiger partial charge in [0.1, 0.15) is 11.3 Å². The third-order valence-corrected chi connectivity index (χ3v) is 5.63. The van der Waals surface area contributed by atoms with E-state index in [-0.39, 0.29) is 11.2 Å². The second kappa shape index (κ2) is 8.18. The molecular weight excluding hydrogens is 392 g/mol. The number of nitrogens with zero attached hydrogens (tertiary/aromatic N) is 3. The molecule has 0 aliphatic heterocycles. The maximum absolute atomic E-state index is 12.6. The van der Waals surface area contributed by atoms with Crippen molar-refractivity contribution < 1.29 is 9.21 Å². The average molecular weight is 414 g/mol. The lowest BCUT2D eigenvalue weighted by molar-refractivity contribution is 0.0924. The average Bonchev–Trinajstić information content (AvgIpc) is 3.18. The number of hydrogen-bond acceptors (Lipinski definition) is 5. The zero-order chi connectivity index (χ0) is 21.2. The Morgan fingerprint density at radius 3 is 2.81 bits per heavy atom. The predicted molar refractivity (Wildman–Crippen MR) is 117 cm³/mol. The number of carbonyl (C=O) groups is 1. The summed E-state index contributed by atoms with van der Waals surface area (Å²) in [5, 5.41) is 8.13. The third-order valence-electron chi connectivity index (χ3n) is 5.63. The van der Waals surface area contributed by atoms with Gasteiger partial charge in [0.15, 0.2) is 11.2 Å². The van der Waals surface area contributed by atoms with Gasteiger partial charge in [-0.15, -0.1) is 0 Å². The minimum absolute atomic E-state index is 0.0142. The van der Waals surface area contributed by atoms with Gasteiger partial charge in [-0.3, -0.25) is 19.3 Å². The second-order valence-electron chi connectivity index (χ2n) is 7.65. The predicted octanol–water partition coefficient (Wildman–Crippen LogP) is 3.36. The van der Waals surface area contributed by atoms with Crippen molar-refractivity contribution in [1.82, 2.24) is 20.1 Å². The molecule has 0 fully saturated rings. The van der Waals surface area contributed by atoms with E-state index in [1.54, 1.807) is 30.5 Å². The molecule has 1 aromatic carbocycles. The lowest BCUT2D eigenvalue weighted by Crippen LogP contribution is -2.28. The highest BCUT2D eigenvalue weighted by Crippen LogP contribution is 2.30. The molecule has 7 heteroatoms. The molecule has 31 heavy (non-hydrogen) atoms. The highest BCUT2D eigenvalue weighted by molar-refractivity contribution is 5.93. The molecule has 7 nitrogen and oxygen atoms in total. The summed E-state index contributed by atoms with van der Waals surface area (Å²) >= 11 is 0. The van der Waals surface area contributed by atoms with E-state index < -0.39 is 5.91 Å². The molecule has 0 saturated carbocycles. The molecule has 3 heterocycles. The van der Waals surface area contributed by atoms with Gasteiger partial charge in [0.05, 0.1) is 17.6 Å². The first-order valence-electron chi connectivity index (χ1n) is 10.5. The summed E-state index contributed by atoms with van der Waals surface area (Å²) in [6, 6.07) is 14.0. The number of carbonyl (C=O) groups excluding carboxylic acids is 1. The lowest BCUT2D eigenvalue weighted by Gasteiger charge is -2.14. The Balaban J connectivity index is 1.33. The normalized spacial score (nSPS) is 13.2. The van der Waals surface area contributed by atoms with Crippen molar-refractivity contribution in [3.8, 4) is 11.4 Å². The molecule has 0 saturated heterocycles.